The molecule has 11 heteroatoms. The third kappa shape index (κ3) is 5.01. The number of hydrogen-bond acceptors (Lipinski definition) is 8. The van der Waals surface area contributed by atoms with Gasteiger partial charge in [-0.1, -0.05) is 30.3 Å². The van der Waals surface area contributed by atoms with Crippen molar-refractivity contribution >= 4 is 40.6 Å². The molecule has 1 aliphatic heterocycles. The molecule has 0 unspecified atom stereocenters. The predicted octanol–water partition coefficient (Wildman–Crippen LogP) is 3.30. The predicted molar refractivity (Wildman–Crippen MR) is 111 cm³/mol. The Balaban J connectivity index is 1.94. The van der Waals surface area contributed by atoms with Crippen molar-refractivity contribution < 1.29 is 33.9 Å². The maximum atomic E-state index is 12.3. The van der Waals surface area contributed by atoms with Gasteiger partial charge in [-0.3, -0.25) is 29.4 Å². The number of nitro groups is 1. The molecule has 1 N–H and O–H groups in total. The SMILES string of the molecule is COc1cc(/C=C2/SC(=O)N(CC(=O)O)C2=O)c([N+](=O)[O-])cc1OCc1ccccc1. The van der Waals surface area contributed by atoms with Crippen LogP contribution in [0.5, 0.6) is 11.5 Å². The van der Waals surface area contributed by atoms with Crippen molar-refractivity contribution in [3.8, 4) is 11.5 Å². The Morgan fingerprint density at radius 3 is 2.55 bits per heavy atom. The second-order valence-corrected chi connectivity index (χ2v) is 7.25. The van der Waals surface area contributed by atoms with Crippen molar-refractivity contribution in [2.45, 2.75) is 6.61 Å². The lowest BCUT2D eigenvalue weighted by atomic mass is 10.1. The zero-order valence-electron chi connectivity index (χ0n) is 16.1. The molecule has 2 aromatic rings. The van der Waals surface area contributed by atoms with E-state index < -0.39 is 28.6 Å². The highest BCUT2D eigenvalue weighted by Gasteiger charge is 2.37. The van der Waals surface area contributed by atoms with Crippen LogP contribution in [0, 0.1) is 10.1 Å². The molecule has 31 heavy (non-hydrogen) atoms. The van der Waals surface area contributed by atoms with Gasteiger partial charge in [0.25, 0.3) is 16.8 Å². The number of hydrogen-bond donors (Lipinski definition) is 1. The Morgan fingerprint density at radius 2 is 1.94 bits per heavy atom. The lowest BCUT2D eigenvalue weighted by Crippen LogP contribution is -2.33. The summed E-state index contributed by atoms with van der Waals surface area (Å²) < 4.78 is 11.0. The number of rotatable bonds is 8. The Kier molecular flexibility index (Phi) is 6.55. The number of carboxylic acid groups (broad SMARTS) is 1. The molecule has 0 radical (unpaired) electrons. The van der Waals surface area contributed by atoms with Crippen LogP contribution in [0.3, 0.4) is 0 Å². The van der Waals surface area contributed by atoms with Crippen LogP contribution >= 0.6 is 11.8 Å². The maximum absolute atomic E-state index is 12.3. The van der Waals surface area contributed by atoms with E-state index in [1.165, 1.54) is 19.2 Å². The molecule has 0 aromatic heterocycles. The molecule has 160 valence electrons. The highest BCUT2D eigenvalue weighted by molar-refractivity contribution is 8.18. The maximum Gasteiger partial charge on any atom is 0.323 e. The number of nitrogens with zero attached hydrogens (tertiary/aromatic N) is 2. The van der Waals surface area contributed by atoms with E-state index in [1.807, 2.05) is 30.3 Å². The van der Waals surface area contributed by atoms with Gasteiger partial charge in [0.2, 0.25) is 0 Å². The van der Waals surface area contributed by atoms with Gasteiger partial charge in [-0.2, -0.15) is 0 Å². The molecule has 1 fully saturated rings. The molecular formula is C20H16N2O8S. The number of carbonyl (C=O) groups excluding carboxylic acids is 2. The van der Waals surface area contributed by atoms with Gasteiger partial charge in [0, 0.05) is 0 Å². The average molecular weight is 444 g/mol. The van der Waals surface area contributed by atoms with E-state index >= 15 is 0 Å². The number of amides is 2. The number of carbonyl (C=O) groups is 3. The van der Waals surface area contributed by atoms with Crippen molar-refractivity contribution in [1.29, 1.82) is 0 Å². The number of methoxy groups -OCH3 is 1. The van der Waals surface area contributed by atoms with Crippen LogP contribution in [0.2, 0.25) is 0 Å². The zero-order chi connectivity index (χ0) is 22.5. The van der Waals surface area contributed by atoms with Crippen molar-refractivity contribution in [3.05, 3.63) is 68.6 Å². The molecule has 2 aromatic carbocycles. The number of carboxylic acids is 1. The minimum absolute atomic E-state index is 0.00901. The summed E-state index contributed by atoms with van der Waals surface area (Å²) in [6, 6.07) is 11.7. The third-order valence-electron chi connectivity index (χ3n) is 4.20. The molecule has 10 nitrogen and oxygen atoms in total. The second-order valence-electron chi connectivity index (χ2n) is 6.25. The minimum Gasteiger partial charge on any atom is -0.493 e. The number of thioether (sulfide) groups is 1. The number of imide groups is 1. The average Bonchev–Trinajstić information content (AvgIpc) is 2.99. The van der Waals surface area contributed by atoms with E-state index in [2.05, 4.69) is 0 Å². The summed E-state index contributed by atoms with van der Waals surface area (Å²) in [5.41, 5.74) is 0.493. The van der Waals surface area contributed by atoms with Gasteiger partial charge < -0.3 is 14.6 Å². The van der Waals surface area contributed by atoms with Gasteiger partial charge in [-0.15, -0.1) is 0 Å². The van der Waals surface area contributed by atoms with Crippen molar-refractivity contribution in [2.75, 3.05) is 13.7 Å². The van der Waals surface area contributed by atoms with Gasteiger partial charge in [-0.25, -0.2) is 0 Å². The Bertz CT molecular complexity index is 1080. The number of nitro benzene ring substituents is 1. The summed E-state index contributed by atoms with van der Waals surface area (Å²) >= 11 is 0.505. The summed E-state index contributed by atoms with van der Waals surface area (Å²) in [7, 11) is 1.36. The summed E-state index contributed by atoms with van der Waals surface area (Å²) in [6.07, 6.45) is 1.16. The van der Waals surface area contributed by atoms with Crippen LogP contribution in [0.15, 0.2) is 47.4 Å². The molecule has 3 rings (SSSR count). The summed E-state index contributed by atoms with van der Waals surface area (Å²) in [6.45, 7) is -0.637. The molecular weight excluding hydrogens is 428 g/mol. The van der Waals surface area contributed by atoms with Gasteiger partial charge in [0.1, 0.15) is 13.2 Å². The topological polar surface area (TPSA) is 136 Å². The summed E-state index contributed by atoms with van der Waals surface area (Å²) in [5.74, 6) is -1.86. The van der Waals surface area contributed by atoms with Crippen molar-refractivity contribution in [1.82, 2.24) is 4.90 Å². The summed E-state index contributed by atoms with van der Waals surface area (Å²) in [4.78, 5) is 46.5. The first-order valence-electron chi connectivity index (χ1n) is 8.80. The van der Waals surface area contributed by atoms with Gasteiger partial charge >= 0.3 is 5.97 Å². The highest BCUT2D eigenvalue weighted by Crippen LogP contribution is 2.39. The van der Waals surface area contributed by atoms with Crippen molar-refractivity contribution in [2.24, 2.45) is 0 Å². The molecule has 0 bridgehead atoms. The first kappa shape index (κ1) is 21.8. The van der Waals surface area contributed by atoms with E-state index in [0.29, 0.717) is 16.7 Å². The lowest BCUT2D eigenvalue weighted by molar-refractivity contribution is -0.385. The smallest absolute Gasteiger partial charge is 0.323 e. The highest BCUT2D eigenvalue weighted by atomic mass is 32.2. The van der Waals surface area contributed by atoms with Gasteiger partial charge in [-0.05, 0) is 29.5 Å². The Labute approximate surface area is 180 Å². The fourth-order valence-corrected chi connectivity index (χ4v) is 3.59. The van der Waals surface area contributed by atoms with Crippen molar-refractivity contribution in [3.63, 3.8) is 0 Å². The number of benzene rings is 2. The van der Waals surface area contributed by atoms with E-state index in [4.69, 9.17) is 14.6 Å². The lowest BCUT2D eigenvalue weighted by Gasteiger charge is -2.12. The third-order valence-corrected chi connectivity index (χ3v) is 5.11. The van der Waals surface area contributed by atoms with E-state index in [0.717, 1.165) is 11.6 Å². The van der Waals surface area contributed by atoms with Crippen LogP contribution in [0.4, 0.5) is 10.5 Å². The molecule has 0 saturated carbocycles. The molecule has 1 aliphatic rings. The quantitative estimate of drug-likeness (QED) is 0.369. The van der Waals surface area contributed by atoms with Crippen LogP contribution in [0.1, 0.15) is 11.1 Å². The summed E-state index contributed by atoms with van der Waals surface area (Å²) in [5, 5.41) is 19.7. The number of aliphatic carboxylic acids is 1. The van der Waals surface area contributed by atoms with Crippen LogP contribution in [0.25, 0.3) is 6.08 Å². The largest absolute Gasteiger partial charge is 0.493 e. The second kappa shape index (κ2) is 9.30. The minimum atomic E-state index is -1.35. The monoisotopic (exact) mass is 444 g/mol. The molecule has 1 heterocycles. The molecule has 0 aliphatic carbocycles. The first-order valence-corrected chi connectivity index (χ1v) is 9.62. The van der Waals surface area contributed by atoms with Gasteiger partial charge in [0.15, 0.2) is 11.5 Å². The van der Waals surface area contributed by atoms with Crippen LogP contribution in [-0.2, 0) is 16.2 Å². The van der Waals surface area contributed by atoms with E-state index in [9.17, 15) is 24.5 Å². The Hall–Kier alpha value is -3.86. The zero-order valence-corrected chi connectivity index (χ0v) is 17.0. The number of ether oxygens (including phenoxy) is 2. The molecule has 0 atom stereocenters. The standard InChI is InChI=1S/C20H16N2O8S/c1-29-15-7-13(8-17-19(25)21(10-18(23)24)20(26)31-17)14(22(27)28)9-16(15)30-11-12-5-3-2-4-6-12/h2-9H,10-11H2,1H3,(H,23,24)/b17-8+. The molecule has 1 saturated heterocycles. The van der Waals surface area contributed by atoms with Crippen LogP contribution in [-0.4, -0.2) is 45.7 Å². The molecule has 2 amide bonds. The first-order chi connectivity index (χ1) is 14.8. The fraction of sp³-hybridized carbons (Fsp3) is 0.150. The normalized spacial score (nSPS) is 14.7. The Morgan fingerprint density at radius 1 is 1.23 bits per heavy atom. The fourth-order valence-electron chi connectivity index (χ4n) is 2.76. The van der Waals surface area contributed by atoms with E-state index in [1.54, 1.807) is 0 Å². The van der Waals surface area contributed by atoms with Crippen LogP contribution < -0.4 is 9.47 Å². The molecule has 0 spiro atoms. The van der Waals surface area contributed by atoms with Gasteiger partial charge in [0.05, 0.1) is 28.6 Å². The van der Waals surface area contributed by atoms with E-state index in [-0.39, 0.29) is 34.3 Å².